The second kappa shape index (κ2) is 9.11. The van der Waals surface area contributed by atoms with Crippen LogP contribution in [0.1, 0.15) is 11.1 Å². The maximum atomic E-state index is 13.1. The fraction of sp³-hybridized carbons (Fsp3) is 0.0370. The lowest BCUT2D eigenvalue weighted by Gasteiger charge is -2.14. The number of para-hydroxylation sites is 1. The summed E-state index contributed by atoms with van der Waals surface area (Å²) in [5.41, 5.74) is 4.30. The molecule has 4 aromatic rings. The molecule has 0 aromatic heterocycles. The average molecular weight is 465 g/mol. The number of carbonyl (C=O) groups is 2. The quantitative estimate of drug-likeness (QED) is 0.191. The van der Waals surface area contributed by atoms with Crippen LogP contribution >= 0.6 is 0 Å². The minimum absolute atomic E-state index is 0.0228. The van der Waals surface area contributed by atoms with Crippen molar-refractivity contribution in [2.45, 2.75) is 6.61 Å². The molecule has 4 aromatic carbocycles. The maximum Gasteiger partial charge on any atom is 0.282 e. The number of nitrogens with zero attached hydrogens (tertiary/aromatic N) is 2. The summed E-state index contributed by atoms with van der Waals surface area (Å²) in [5.74, 6) is -0.545. The summed E-state index contributed by atoms with van der Waals surface area (Å²) >= 11 is 0. The van der Waals surface area contributed by atoms with Crippen LogP contribution in [-0.4, -0.2) is 16.7 Å². The van der Waals surface area contributed by atoms with Crippen LogP contribution in [0.25, 0.3) is 16.8 Å². The van der Waals surface area contributed by atoms with Crippen molar-refractivity contribution >= 4 is 40.0 Å². The number of hydrazine groups is 1. The van der Waals surface area contributed by atoms with Gasteiger partial charge in [-0.1, -0.05) is 60.7 Å². The molecule has 0 unspecified atom stereocenters. The predicted octanol–water partition coefficient (Wildman–Crippen LogP) is 4.79. The zero-order valence-electron chi connectivity index (χ0n) is 18.4. The lowest BCUT2D eigenvalue weighted by Crippen LogP contribution is -2.35. The van der Waals surface area contributed by atoms with Crippen molar-refractivity contribution < 1.29 is 19.2 Å². The topological polar surface area (TPSA) is 102 Å². The van der Waals surface area contributed by atoms with E-state index in [1.165, 1.54) is 23.2 Å². The fourth-order valence-corrected chi connectivity index (χ4v) is 3.93. The Morgan fingerprint density at radius 3 is 2.49 bits per heavy atom. The number of benzene rings is 4. The number of non-ortho nitro benzene ring substituents is 1. The summed E-state index contributed by atoms with van der Waals surface area (Å²) < 4.78 is 6.03. The largest absolute Gasteiger partial charge is 0.488 e. The molecule has 35 heavy (non-hydrogen) atoms. The van der Waals surface area contributed by atoms with Gasteiger partial charge >= 0.3 is 0 Å². The zero-order valence-corrected chi connectivity index (χ0v) is 18.4. The van der Waals surface area contributed by atoms with Gasteiger partial charge in [-0.15, -0.1) is 0 Å². The predicted molar refractivity (Wildman–Crippen MR) is 131 cm³/mol. The molecule has 0 spiro atoms. The van der Waals surface area contributed by atoms with Crippen molar-refractivity contribution in [3.63, 3.8) is 0 Å². The first kappa shape index (κ1) is 21.8. The Kier molecular flexibility index (Phi) is 5.68. The van der Waals surface area contributed by atoms with E-state index < -0.39 is 16.7 Å². The smallest absolute Gasteiger partial charge is 0.282 e. The molecule has 1 aliphatic rings. The monoisotopic (exact) mass is 465 g/mol. The number of hydrogen-bond donors (Lipinski definition) is 1. The van der Waals surface area contributed by atoms with Crippen molar-refractivity contribution in [2.24, 2.45) is 0 Å². The number of carbonyl (C=O) groups excluding carboxylic acids is 2. The molecule has 1 fully saturated rings. The van der Waals surface area contributed by atoms with E-state index in [0.717, 1.165) is 10.8 Å². The third kappa shape index (κ3) is 4.32. The molecule has 172 valence electrons. The Hall–Kier alpha value is -4.98. The number of fused-ring (bicyclic) bond motifs is 1. The molecule has 8 nitrogen and oxygen atoms in total. The molecule has 1 aliphatic heterocycles. The molecule has 2 amide bonds. The van der Waals surface area contributed by atoms with Crippen LogP contribution in [0, 0.1) is 10.1 Å². The van der Waals surface area contributed by atoms with E-state index >= 15 is 0 Å². The normalized spacial score (nSPS) is 14.4. The standard InChI is InChI=1S/C27H19N3O5/c31-26-24(27(32)29(28-26)20-9-2-1-3-10-20)16-23-22-12-5-4-8-19(22)13-14-25(23)35-17-18-7-6-11-21(15-18)30(33)34/h1-16H,17H2,(H,28,31)/b24-16-. The van der Waals surface area contributed by atoms with Crippen molar-refractivity contribution in [2.75, 3.05) is 5.01 Å². The molecular weight excluding hydrogens is 446 g/mol. The van der Waals surface area contributed by atoms with E-state index in [1.54, 1.807) is 42.5 Å². The van der Waals surface area contributed by atoms with Crippen LogP contribution in [0.15, 0.2) is 96.6 Å². The van der Waals surface area contributed by atoms with E-state index in [4.69, 9.17) is 4.74 Å². The third-order valence-electron chi connectivity index (χ3n) is 5.64. The lowest BCUT2D eigenvalue weighted by molar-refractivity contribution is -0.384. The number of nitro groups is 1. The first-order chi connectivity index (χ1) is 17.0. The van der Waals surface area contributed by atoms with Crippen LogP contribution in [0.4, 0.5) is 11.4 Å². The second-order valence-electron chi connectivity index (χ2n) is 7.89. The highest BCUT2D eigenvalue weighted by Gasteiger charge is 2.34. The van der Waals surface area contributed by atoms with E-state index in [0.29, 0.717) is 22.6 Å². The Morgan fingerprint density at radius 1 is 0.914 bits per heavy atom. The van der Waals surface area contributed by atoms with Gasteiger partial charge in [0, 0.05) is 17.7 Å². The fourth-order valence-electron chi connectivity index (χ4n) is 3.93. The van der Waals surface area contributed by atoms with Crippen molar-refractivity contribution in [3.05, 3.63) is 118 Å². The van der Waals surface area contributed by atoms with Gasteiger partial charge in [-0.05, 0) is 40.6 Å². The number of amides is 2. The van der Waals surface area contributed by atoms with Gasteiger partial charge in [-0.25, -0.2) is 5.01 Å². The van der Waals surface area contributed by atoms with E-state index in [1.807, 2.05) is 36.4 Å². The summed E-state index contributed by atoms with van der Waals surface area (Å²) in [5, 5.41) is 14.0. The second-order valence-corrected chi connectivity index (χ2v) is 7.89. The molecule has 8 heteroatoms. The molecule has 0 atom stereocenters. The highest BCUT2D eigenvalue weighted by Crippen LogP contribution is 2.32. The lowest BCUT2D eigenvalue weighted by atomic mass is 10.0. The molecule has 1 N–H and O–H groups in total. The van der Waals surface area contributed by atoms with Gasteiger partial charge in [0.2, 0.25) is 0 Å². The van der Waals surface area contributed by atoms with Crippen molar-refractivity contribution in [1.29, 1.82) is 0 Å². The van der Waals surface area contributed by atoms with Crippen molar-refractivity contribution in [3.8, 4) is 5.75 Å². The first-order valence-corrected chi connectivity index (χ1v) is 10.8. The average Bonchev–Trinajstić information content (AvgIpc) is 3.17. The van der Waals surface area contributed by atoms with Crippen LogP contribution < -0.4 is 15.2 Å². The Balaban J connectivity index is 1.53. The van der Waals surface area contributed by atoms with E-state index in [2.05, 4.69) is 5.43 Å². The number of nitro benzene ring substituents is 1. The van der Waals surface area contributed by atoms with Gasteiger partial charge in [0.1, 0.15) is 17.9 Å². The Bertz CT molecular complexity index is 1500. The molecule has 0 saturated carbocycles. The summed E-state index contributed by atoms with van der Waals surface area (Å²) in [6, 6.07) is 26.2. The van der Waals surface area contributed by atoms with E-state index in [-0.39, 0.29) is 17.9 Å². The molecule has 0 bridgehead atoms. The molecular formula is C27H19N3O5. The maximum absolute atomic E-state index is 13.1. The highest BCUT2D eigenvalue weighted by atomic mass is 16.6. The minimum Gasteiger partial charge on any atom is -0.488 e. The number of hydrogen-bond acceptors (Lipinski definition) is 5. The van der Waals surface area contributed by atoms with Crippen LogP contribution in [0.5, 0.6) is 5.75 Å². The molecule has 1 saturated heterocycles. The number of nitrogens with one attached hydrogen (secondary N) is 1. The minimum atomic E-state index is -0.517. The van der Waals surface area contributed by atoms with Crippen LogP contribution in [0.2, 0.25) is 0 Å². The molecule has 5 rings (SSSR count). The first-order valence-electron chi connectivity index (χ1n) is 10.8. The third-order valence-corrected chi connectivity index (χ3v) is 5.64. The summed E-state index contributed by atoms with van der Waals surface area (Å²) in [6.07, 6.45) is 1.53. The van der Waals surface area contributed by atoms with Gasteiger partial charge in [0.25, 0.3) is 17.5 Å². The Labute approximate surface area is 200 Å². The number of ether oxygens (including phenoxy) is 1. The Morgan fingerprint density at radius 2 is 1.69 bits per heavy atom. The number of rotatable bonds is 6. The highest BCUT2D eigenvalue weighted by molar-refractivity contribution is 6.32. The van der Waals surface area contributed by atoms with Gasteiger partial charge in [0.05, 0.1) is 10.6 Å². The van der Waals surface area contributed by atoms with Gasteiger partial charge < -0.3 is 4.74 Å². The SMILES string of the molecule is O=C1NN(c2ccccc2)C(=O)/C1=C\c1c(OCc2cccc([N+](=O)[O-])c2)ccc2ccccc12. The van der Waals surface area contributed by atoms with Gasteiger partial charge in [-0.2, -0.15) is 0 Å². The summed E-state index contributed by atoms with van der Waals surface area (Å²) in [4.78, 5) is 36.5. The number of anilines is 1. The van der Waals surface area contributed by atoms with Crippen LogP contribution in [-0.2, 0) is 16.2 Å². The van der Waals surface area contributed by atoms with Gasteiger partial charge in [-0.3, -0.25) is 25.1 Å². The molecule has 0 radical (unpaired) electrons. The van der Waals surface area contributed by atoms with Gasteiger partial charge in [0.15, 0.2) is 0 Å². The summed E-state index contributed by atoms with van der Waals surface area (Å²) in [6.45, 7) is 0.0759. The molecule has 0 aliphatic carbocycles. The van der Waals surface area contributed by atoms with E-state index in [9.17, 15) is 19.7 Å². The zero-order chi connectivity index (χ0) is 24.4. The van der Waals surface area contributed by atoms with Crippen LogP contribution in [0.3, 0.4) is 0 Å². The summed E-state index contributed by atoms with van der Waals surface area (Å²) in [7, 11) is 0. The molecule has 1 heterocycles. The van der Waals surface area contributed by atoms with Crippen molar-refractivity contribution in [1.82, 2.24) is 5.43 Å².